The lowest BCUT2D eigenvalue weighted by molar-refractivity contribution is 0.306. The van der Waals surface area contributed by atoms with E-state index in [1.54, 1.807) is 7.11 Å². The lowest BCUT2D eigenvalue weighted by atomic mass is 10.2. The largest absolute Gasteiger partial charge is 0.497 e. The van der Waals surface area contributed by atoms with Gasteiger partial charge in [0.25, 0.3) is 0 Å². The molecular weight excluding hydrogens is 248 g/mol. The Kier molecular flexibility index (Phi) is 4.48. The zero-order valence-electron chi connectivity index (χ0n) is 10.2. The summed E-state index contributed by atoms with van der Waals surface area (Å²) in [6, 6.07) is 15.6. The molecule has 2 nitrogen and oxygen atoms in total. The average molecular weight is 263 g/mol. The summed E-state index contributed by atoms with van der Waals surface area (Å²) in [5.74, 6) is 2.23. The van der Waals surface area contributed by atoms with E-state index in [4.69, 9.17) is 21.1 Å². The predicted octanol–water partition coefficient (Wildman–Crippen LogP) is 4.01. The summed E-state index contributed by atoms with van der Waals surface area (Å²) >= 11 is 5.73. The van der Waals surface area contributed by atoms with Crippen LogP contribution in [0.25, 0.3) is 0 Å². The molecule has 94 valence electrons. The van der Waals surface area contributed by atoms with Gasteiger partial charge in [-0.05, 0) is 35.4 Å². The minimum absolute atomic E-state index is 0.527. The van der Waals surface area contributed by atoms with Gasteiger partial charge in [0.1, 0.15) is 18.1 Å². The zero-order chi connectivity index (χ0) is 12.8. The molecule has 0 aliphatic carbocycles. The second kappa shape index (κ2) is 6.31. The molecule has 0 saturated carbocycles. The van der Waals surface area contributed by atoms with Crippen molar-refractivity contribution in [1.82, 2.24) is 0 Å². The van der Waals surface area contributed by atoms with Gasteiger partial charge < -0.3 is 9.47 Å². The van der Waals surface area contributed by atoms with Gasteiger partial charge in [-0.15, -0.1) is 11.6 Å². The summed E-state index contributed by atoms with van der Waals surface area (Å²) in [6.07, 6.45) is 0. The van der Waals surface area contributed by atoms with Crippen molar-refractivity contribution in [2.24, 2.45) is 0 Å². The molecule has 0 atom stereocenters. The van der Waals surface area contributed by atoms with Gasteiger partial charge in [-0.25, -0.2) is 0 Å². The van der Waals surface area contributed by atoms with Crippen LogP contribution in [0, 0.1) is 0 Å². The van der Waals surface area contributed by atoms with Crippen LogP contribution < -0.4 is 9.47 Å². The summed E-state index contributed by atoms with van der Waals surface area (Å²) in [5.41, 5.74) is 2.20. The molecule has 0 bridgehead atoms. The van der Waals surface area contributed by atoms with Gasteiger partial charge in [0, 0.05) is 5.88 Å². The van der Waals surface area contributed by atoms with Crippen LogP contribution >= 0.6 is 11.6 Å². The number of rotatable bonds is 5. The van der Waals surface area contributed by atoms with E-state index in [9.17, 15) is 0 Å². The Morgan fingerprint density at radius 1 is 0.833 bits per heavy atom. The minimum atomic E-state index is 0.527. The van der Waals surface area contributed by atoms with Crippen LogP contribution in [-0.4, -0.2) is 7.11 Å². The number of alkyl halides is 1. The van der Waals surface area contributed by atoms with E-state index in [-0.39, 0.29) is 0 Å². The van der Waals surface area contributed by atoms with Crippen molar-refractivity contribution in [2.75, 3.05) is 7.11 Å². The first-order chi connectivity index (χ1) is 8.81. The molecule has 0 saturated heterocycles. The first-order valence-corrected chi connectivity index (χ1v) is 6.26. The van der Waals surface area contributed by atoms with Gasteiger partial charge in [0.2, 0.25) is 0 Å². The highest BCUT2D eigenvalue weighted by Gasteiger charge is 1.97. The Labute approximate surface area is 112 Å². The fraction of sp³-hybridized carbons (Fsp3) is 0.200. The molecule has 0 aliphatic heterocycles. The van der Waals surface area contributed by atoms with Gasteiger partial charge in [-0.3, -0.25) is 0 Å². The quantitative estimate of drug-likeness (QED) is 0.758. The van der Waals surface area contributed by atoms with Crippen molar-refractivity contribution < 1.29 is 9.47 Å². The van der Waals surface area contributed by atoms with Crippen molar-refractivity contribution in [3.63, 3.8) is 0 Å². The van der Waals surface area contributed by atoms with Crippen LogP contribution in [0.4, 0.5) is 0 Å². The third-order valence-corrected chi connectivity index (χ3v) is 2.95. The number of hydrogen-bond donors (Lipinski definition) is 0. The maximum atomic E-state index is 5.73. The predicted molar refractivity (Wildman–Crippen MR) is 73.3 cm³/mol. The van der Waals surface area contributed by atoms with E-state index >= 15 is 0 Å². The molecule has 3 heteroatoms. The molecule has 0 fully saturated rings. The van der Waals surface area contributed by atoms with E-state index in [2.05, 4.69) is 0 Å². The molecular formula is C15H15ClO2. The van der Waals surface area contributed by atoms with Crippen LogP contribution in [0.1, 0.15) is 11.1 Å². The SMILES string of the molecule is COc1ccc(COc2ccc(CCl)cc2)cc1. The van der Waals surface area contributed by atoms with Crippen LogP contribution in [0.5, 0.6) is 11.5 Å². The Balaban J connectivity index is 1.93. The number of ether oxygens (including phenoxy) is 2. The van der Waals surface area contributed by atoms with Crippen molar-refractivity contribution in [3.05, 3.63) is 59.7 Å². The Bertz CT molecular complexity index is 429. The van der Waals surface area contributed by atoms with E-state index in [1.807, 2.05) is 48.5 Å². The third-order valence-electron chi connectivity index (χ3n) is 2.64. The fourth-order valence-corrected chi connectivity index (χ4v) is 1.74. The van der Waals surface area contributed by atoms with E-state index < -0.39 is 0 Å². The molecule has 2 aromatic rings. The van der Waals surface area contributed by atoms with Gasteiger partial charge in [-0.1, -0.05) is 24.3 Å². The monoisotopic (exact) mass is 262 g/mol. The number of methoxy groups -OCH3 is 1. The summed E-state index contributed by atoms with van der Waals surface area (Å²) < 4.78 is 10.8. The standard InChI is InChI=1S/C15H15ClO2/c1-17-14-6-4-13(5-7-14)11-18-15-8-2-12(10-16)3-9-15/h2-9H,10-11H2,1H3. The van der Waals surface area contributed by atoms with Crippen LogP contribution in [0.3, 0.4) is 0 Å². The number of benzene rings is 2. The van der Waals surface area contributed by atoms with Crippen molar-refractivity contribution in [3.8, 4) is 11.5 Å². The molecule has 2 rings (SSSR count). The number of halogens is 1. The third kappa shape index (κ3) is 3.41. The van der Waals surface area contributed by atoms with Crippen molar-refractivity contribution in [1.29, 1.82) is 0 Å². The molecule has 0 heterocycles. The normalized spacial score (nSPS) is 10.1. The molecule has 0 amide bonds. The van der Waals surface area contributed by atoms with Gasteiger partial charge in [0.15, 0.2) is 0 Å². The molecule has 0 N–H and O–H groups in total. The highest BCUT2D eigenvalue weighted by atomic mass is 35.5. The molecule has 0 aromatic heterocycles. The van der Waals surface area contributed by atoms with E-state index in [1.165, 1.54) is 0 Å². The smallest absolute Gasteiger partial charge is 0.119 e. The summed E-state index contributed by atoms with van der Waals surface area (Å²) in [4.78, 5) is 0. The van der Waals surface area contributed by atoms with Gasteiger partial charge in [0.05, 0.1) is 7.11 Å². The highest BCUT2D eigenvalue weighted by Crippen LogP contribution is 2.16. The average Bonchev–Trinajstić information content (AvgIpc) is 2.46. The lowest BCUT2D eigenvalue weighted by Gasteiger charge is -2.07. The Hall–Kier alpha value is -1.67. The van der Waals surface area contributed by atoms with Crippen LogP contribution in [0.15, 0.2) is 48.5 Å². The summed E-state index contributed by atoms with van der Waals surface area (Å²) in [5, 5.41) is 0. The lowest BCUT2D eigenvalue weighted by Crippen LogP contribution is -1.95. The topological polar surface area (TPSA) is 18.5 Å². The first kappa shape index (κ1) is 12.8. The second-order valence-corrected chi connectivity index (χ2v) is 4.18. The maximum Gasteiger partial charge on any atom is 0.119 e. The summed E-state index contributed by atoms with van der Waals surface area (Å²) in [7, 11) is 1.66. The second-order valence-electron chi connectivity index (χ2n) is 3.91. The fourth-order valence-electron chi connectivity index (χ4n) is 1.56. The van der Waals surface area contributed by atoms with E-state index in [0.717, 1.165) is 22.6 Å². The van der Waals surface area contributed by atoms with Gasteiger partial charge in [-0.2, -0.15) is 0 Å². The molecule has 2 aromatic carbocycles. The maximum absolute atomic E-state index is 5.73. The summed E-state index contributed by atoms with van der Waals surface area (Å²) in [6.45, 7) is 0.546. The Morgan fingerprint density at radius 3 is 1.94 bits per heavy atom. The molecule has 0 radical (unpaired) electrons. The highest BCUT2D eigenvalue weighted by molar-refractivity contribution is 6.17. The van der Waals surface area contributed by atoms with Crippen molar-refractivity contribution >= 4 is 11.6 Å². The molecule has 0 aliphatic rings. The minimum Gasteiger partial charge on any atom is -0.497 e. The number of hydrogen-bond acceptors (Lipinski definition) is 2. The van der Waals surface area contributed by atoms with Crippen LogP contribution in [-0.2, 0) is 12.5 Å². The molecule has 0 spiro atoms. The first-order valence-electron chi connectivity index (χ1n) is 5.72. The van der Waals surface area contributed by atoms with E-state index in [0.29, 0.717) is 12.5 Å². The Morgan fingerprint density at radius 2 is 1.39 bits per heavy atom. The molecule has 0 unspecified atom stereocenters. The van der Waals surface area contributed by atoms with Gasteiger partial charge >= 0.3 is 0 Å². The molecule has 18 heavy (non-hydrogen) atoms. The zero-order valence-corrected chi connectivity index (χ0v) is 11.0. The van der Waals surface area contributed by atoms with Crippen LogP contribution in [0.2, 0.25) is 0 Å². The van der Waals surface area contributed by atoms with Crippen molar-refractivity contribution in [2.45, 2.75) is 12.5 Å².